The summed E-state index contributed by atoms with van der Waals surface area (Å²) in [5.74, 6) is -0.852. The minimum absolute atomic E-state index is 0.267. The van der Waals surface area contributed by atoms with E-state index in [0.29, 0.717) is 26.0 Å². The van der Waals surface area contributed by atoms with Crippen LogP contribution in [0.25, 0.3) is 0 Å². The third kappa shape index (κ3) is 34.5. The summed E-state index contributed by atoms with van der Waals surface area (Å²) in [6, 6.07) is 0. The van der Waals surface area contributed by atoms with Crippen LogP contribution in [0.1, 0.15) is 122 Å². The maximum atomic E-state index is 10.8. The fraction of sp³-hybridized carbons (Fsp3) is 0.786. The van der Waals surface area contributed by atoms with E-state index in [4.69, 9.17) is 9.29 Å². The largest absolute Gasteiger partial charge is 0.463 e. The molecule has 0 spiro atoms. The zero-order chi connectivity index (χ0) is 27.3. The summed E-state index contributed by atoms with van der Waals surface area (Å²) in [5.41, 5.74) is 0. The second kappa shape index (κ2) is 27.9. The van der Waals surface area contributed by atoms with Crippen LogP contribution in [0.5, 0.6) is 0 Å². The van der Waals surface area contributed by atoms with E-state index in [9.17, 15) is 18.0 Å². The van der Waals surface area contributed by atoms with Crippen LogP contribution >= 0.6 is 0 Å². The number of rotatable bonds is 24. The first-order chi connectivity index (χ1) is 17.3. The highest BCUT2D eigenvalue weighted by molar-refractivity contribution is 7.85. The molecule has 0 saturated heterocycles. The van der Waals surface area contributed by atoms with Crippen molar-refractivity contribution in [3.63, 3.8) is 0 Å². The van der Waals surface area contributed by atoms with E-state index in [1.165, 1.54) is 102 Å². The van der Waals surface area contributed by atoms with Gasteiger partial charge in [0.1, 0.15) is 0 Å². The lowest BCUT2D eigenvalue weighted by atomic mass is 10.0. The van der Waals surface area contributed by atoms with E-state index < -0.39 is 10.1 Å². The molecule has 0 heterocycles. The van der Waals surface area contributed by atoms with E-state index in [0.717, 1.165) is 12.5 Å². The topological polar surface area (TPSA) is 110 Å². The second-order valence-electron chi connectivity index (χ2n) is 9.16. The lowest BCUT2D eigenvalue weighted by molar-refractivity contribution is -0.137. The van der Waals surface area contributed by atoms with Crippen LogP contribution in [-0.2, 0) is 24.4 Å². The van der Waals surface area contributed by atoms with Crippen molar-refractivity contribution in [3.05, 3.63) is 25.3 Å². The average molecular weight is 532 g/mol. The fourth-order valence-corrected chi connectivity index (χ4v) is 4.14. The maximum absolute atomic E-state index is 10.8. The molecule has 212 valence electrons. The molecule has 0 bridgehead atoms. The van der Waals surface area contributed by atoms with Gasteiger partial charge in [0.05, 0.1) is 12.4 Å². The highest BCUT2D eigenvalue weighted by atomic mass is 32.2. The molecule has 0 fully saturated rings. The number of hydrogen-bond donors (Lipinski definition) is 2. The van der Waals surface area contributed by atoms with Gasteiger partial charge in [-0.15, -0.1) is 0 Å². The summed E-state index contributed by atoms with van der Waals surface area (Å²) in [6.45, 7) is 9.84. The lowest BCUT2D eigenvalue weighted by Gasteiger charge is -2.04. The zero-order valence-corrected chi connectivity index (χ0v) is 23.6. The molecular weight excluding hydrogens is 478 g/mol. The molecule has 0 unspecified atom stereocenters. The van der Waals surface area contributed by atoms with Crippen molar-refractivity contribution in [2.75, 3.05) is 18.9 Å². The number of hydrogen-bond acceptors (Lipinski definition) is 5. The number of unbranched alkanes of at least 4 members (excludes halogenated alkanes) is 16. The molecule has 0 radical (unpaired) electrons. The van der Waals surface area contributed by atoms with Crippen LogP contribution in [0, 0.1) is 0 Å². The highest BCUT2D eigenvalue weighted by Gasteiger charge is 2.03. The number of amides is 1. The van der Waals surface area contributed by atoms with Crippen LogP contribution in [-0.4, -0.2) is 43.8 Å². The predicted molar refractivity (Wildman–Crippen MR) is 150 cm³/mol. The van der Waals surface area contributed by atoms with Crippen LogP contribution in [0.15, 0.2) is 25.3 Å². The van der Waals surface area contributed by atoms with Crippen LogP contribution in [0.4, 0.5) is 0 Å². The summed E-state index contributed by atoms with van der Waals surface area (Å²) in [7, 11) is -3.86. The lowest BCUT2D eigenvalue weighted by Crippen LogP contribution is -2.22. The monoisotopic (exact) mass is 531 g/mol. The molecule has 0 atom stereocenters. The van der Waals surface area contributed by atoms with Crippen molar-refractivity contribution >= 4 is 22.0 Å². The van der Waals surface area contributed by atoms with Gasteiger partial charge in [-0.3, -0.25) is 9.35 Å². The molecule has 8 heteroatoms. The molecule has 2 N–H and O–H groups in total. The summed E-state index contributed by atoms with van der Waals surface area (Å²) in [4.78, 5) is 21.4. The summed E-state index contributed by atoms with van der Waals surface area (Å²) < 4.78 is 33.8. The van der Waals surface area contributed by atoms with Crippen LogP contribution in [0.3, 0.4) is 0 Å². The van der Waals surface area contributed by atoms with Crippen molar-refractivity contribution in [2.45, 2.75) is 122 Å². The van der Waals surface area contributed by atoms with E-state index >= 15 is 0 Å². The molecular formula is C28H53NO6S. The van der Waals surface area contributed by atoms with E-state index in [1.54, 1.807) is 0 Å². The number of nitrogens with one attached hydrogen (secondary N) is 1. The molecule has 0 aromatic carbocycles. The Hall–Kier alpha value is -1.67. The molecule has 0 aliphatic rings. The minimum Gasteiger partial charge on any atom is -0.463 e. The van der Waals surface area contributed by atoms with Crippen molar-refractivity contribution < 1.29 is 27.3 Å². The van der Waals surface area contributed by atoms with Crippen molar-refractivity contribution in [1.82, 2.24) is 5.32 Å². The Morgan fingerprint density at radius 2 is 1.17 bits per heavy atom. The molecule has 1 amide bonds. The molecule has 7 nitrogen and oxygen atoms in total. The minimum atomic E-state index is -3.86. The highest BCUT2D eigenvalue weighted by Crippen LogP contribution is 2.13. The molecule has 0 saturated carbocycles. The normalized spacial score (nSPS) is 10.7. The fourth-order valence-electron chi connectivity index (χ4n) is 3.58. The van der Waals surface area contributed by atoms with Crippen molar-refractivity contribution in [1.29, 1.82) is 0 Å². The average Bonchev–Trinajstić information content (AvgIpc) is 2.85. The molecule has 36 heavy (non-hydrogen) atoms. The SMILES string of the molecule is C=CC(=O)NCCCCS(=O)(=O)O.C=CC(=O)OCCCCCCCCCCCCCCCCCC. The van der Waals surface area contributed by atoms with Gasteiger partial charge in [-0.2, -0.15) is 8.42 Å². The number of carbonyl (C=O) groups is 2. The van der Waals surface area contributed by atoms with E-state index in [1.807, 2.05) is 0 Å². The Bertz CT molecular complexity index is 648. The standard InChI is InChI=1S/C21H40O2.C7H13NO4S/c1-3-5-6-7-8-9-10-11-12-13-14-15-16-17-18-19-20-23-21(22)4-2;1-2-7(9)8-5-3-4-6-13(10,11)12/h4H,2-3,5-20H2,1H3;2H,1,3-6H2,(H,8,9)(H,10,11,12). The first-order valence-corrected chi connectivity index (χ1v) is 15.5. The summed E-state index contributed by atoms with van der Waals surface area (Å²) in [6.07, 6.45) is 25.0. The second-order valence-corrected chi connectivity index (χ2v) is 10.7. The quantitative estimate of drug-likeness (QED) is 0.0604. The first kappa shape index (κ1) is 36.5. The van der Waals surface area contributed by atoms with E-state index in [-0.39, 0.29) is 17.6 Å². The number of esters is 1. The van der Waals surface area contributed by atoms with Gasteiger partial charge in [0, 0.05) is 12.6 Å². The third-order valence-corrected chi connectivity index (χ3v) is 6.53. The Morgan fingerprint density at radius 3 is 1.56 bits per heavy atom. The Kier molecular flexibility index (Phi) is 28.3. The van der Waals surface area contributed by atoms with Gasteiger partial charge in [0.2, 0.25) is 5.91 Å². The Labute approximate surface area is 221 Å². The van der Waals surface area contributed by atoms with Crippen molar-refractivity contribution in [3.8, 4) is 0 Å². The smallest absolute Gasteiger partial charge is 0.330 e. The van der Waals surface area contributed by atoms with Gasteiger partial charge in [0.15, 0.2) is 0 Å². The molecule has 0 aliphatic heterocycles. The molecule has 0 aliphatic carbocycles. The van der Waals surface area contributed by atoms with Gasteiger partial charge in [-0.05, 0) is 25.3 Å². The first-order valence-electron chi connectivity index (χ1n) is 13.9. The Balaban J connectivity index is 0. The van der Waals surface area contributed by atoms with Gasteiger partial charge in [-0.25, -0.2) is 4.79 Å². The third-order valence-electron chi connectivity index (χ3n) is 5.72. The Morgan fingerprint density at radius 1 is 0.722 bits per heavy atom. The molecule has 0 aromatic rings. The van der Waals surface area contributed by atoms with Gasteiger partial charge >= 0.3 is 5.97 Å². The van der Waals surface area contributed by atoms with Gasteiger partial charge < -0.3 is 10.1 Å². The van der Waals surface area contributed by atoms with Crippen LogP contribution < -0.4 is 5.32 Å². The zero-order valence-electron chi connectivity index (χ0n) is 22.8. The number of ether oxygens (including phenoxy) is 1. The van der Waals surface area contributed by atoms with Crippen LogP contribution in [0.2, 0.25) is 0 Å². The van der Waals surface area contributed by atoms with Crippen molar-refractivity contribution in [2.24, 2.45) is 0 Å². The molecule has 0 rings (SSSR count). The number of carbonyl (C=O) groups excluding carboxylic acids is 2. The van der Waals surface area contributed by atoms with E-state index in [2.05, 4.69) is 25.4 Å². The predicted octanol–water partition coefficient (Wildman–Crippen LogP) is 6.93. The van der Waals surface area contributed by atoms with Gasteiger partial charge in [0.25, 0.3) is 10.1 Å². The summed E-state index contributed by atoms with van der Waals surface area (Å²) >= 11 is 0. The van der Waals surface area contributed by atoms with Gasteiger partial charge in [-0.1, -0.05) is 116 Å². The maximum Gasteiger partial charge on any atom is 0.330 e. The molecule has 0 aromatic heterocycles. The summed E-state index contributed by atoms with van der Waals surface area (Å²) in [5, 5.41) is 2.49.